The Labute approximate surface area is 182 Å². The molecule has 0 heterocycles. The van der Waals surface area contributed by atoms with Crippen molar-refractivity contribution in [1.29, 1.82) is 0 Å². The number of carbonyl (C=O) groups is 1. The minimum atomic E-state index is -0.564. The van der Waals surface area contributed by atoms with Crippen molar-refractivity contribution in [1.82, 2.24) is 5.48 Å². The van der Waals surface area contributed by atoms with Gasteiger partial charge in [0.1, 0.15) is 0 Å². The number of hydroxylamine groups is 1. The molecule has 4 aromatic carbocycles. The van der Waals surface area contributed by atoms with E-state index < -0.39 is 11.8 Å². The second-order valence-corrected chi connectivity index (χ2v) is 7.36. The third-order valence-corrected chi connectivity index (χ3v) is 5.31. The van der Waals surface area contributed by atoms with Crippen molar-refractivity contribution >= 4 is 11.6 Å². The SMILES string of the molecule is O=C(NO)C(c1ccccc1)c1ccc(NCc2ccc(-c3ccccc3)cc2)cc1. The molecule has 3 N–H and O–H groups in total. The van der Waals surface area contributed by atoms with Crippen LogP contribution in [0.5, 0.6) is 0 Å². The Bertz CT molecular complexity index is 1110. The van der Waals surface area contributed by atoms with Crippen molar-refractivity contribution in [3.05, 3.63) is 126 Å². The lowest BCUT2D eigenvalue weighted by Crippen LogP contribution is -2.27. The molecule has 0 saturated carbocycles. The van der Waals surface area contributed by atoms with Gasteiger partial charge < -0.3 is 5.32 Å². The minimum absolute atomic E-state index is 0.453. The molecular formula is C27H24N2O2. The van der Waals surface area contributed by atoms with E-state index in [0.717, 1.165) is 16.8 Å². The predicted molar refractivity (Wildman–Crippen MR) is 124 cm³/mol. The summed E-state index contributed by atoms with van der Waals surface area (Å²) in [4.78, 5) is 12.3. The average molecular weight is 409 g/mol. The molecule has 0 aliphatic rings. The smallest absolute Gasteiger partial charge is 0.255 e. The first-order chi connectivity index (χ1) is 15.2. The van der Waals surface area contributed by atoms with Crippen LogP contribution in [0.25, 0.3) is 11.1 Å². The summed E-state index contributed by atoms with van der Waals surface area (Å²) < 4.78 is 0. The molecule has 4 aromatic rings. The van der Waals surface area contributed by atoms with Gasteiger partial charge in [-0.15, -0.1) is 0 Å². The number of amides is 1. The molecule has 0 spiro atoms. The van der Waals surface area contributed by atoms with Gasteiger partial charge in [-0.1, -0.05) is 97.1 Å². The molecule has 0 radical (unpaired) electrons. The summed E-state index contributed by atoms with van der Waals surface area (Å²) in [6.07, 6.45) is 0. The van der Waals surface area contributed by atoms with E-state index in [2.05, 4.69) is 41.7 Å². The Kier molecular flexibility index (Phi) is 6.41. The maximum atomic E-state index is 12.3. The number of anilines is 1. The van der Waals surface area contributed by atoms with Gasteiger partial charge >= 0.3 is 0 Å². The topological polar surface area (TPSA) is 61.4 Å². The standard InChI is InChI=1S/C27H24N2O2/c30-27(29-31)26(23-9-5-2-6-10-23)24-15-17-25(18-16-24)28-19-20-11-13-22(14-12-20)21-7-3-1-4-8-21/h1-18,26,28,31H,19H2,(H,29,30). The highest BCUT2D eigenvalue weighted by Crippen LogP contribution is 2.26. The highest BCUT2D eigenvalue weighted by molar-refractivity contribution is 5.86. The van der Waals surface area contributed by atoms with E-state index in [0.29, 0.717) is 6.54 Å². The first-order valence-electron chi connectivity index (χ1n) is 10.2. The van der Waals surface area contributed by atoms with Crippen molar-refractivity contribution in [3.63, 3.8) is 0 Å². The van der Waals surface area contributed by atoms with E-state index in [1.807, 2.05) is 72.8 Å². The lowest BCUT2D eigenvalue weighted by Gasteiger charge is -2.16. The second-order valence-electron chi connectivity index (χ2n) is 7.36. The maximum Gasteiger partial charge on any atom is 0.255 e. The summed E-state index contributed by atoms with van der Waals surface area (Å²) in [6, 6.07) is 36.0. The van der Waals surface area contributed by atoms with Crippen LogP contribution in [-0.2, 0) is 11.3 Å². The van der Waals surface area contributed by atoms with Crippen LogP contribution in [0.15, 0.2) is 109 Å². The molecule has 154 valence electrons. The van der Waals surface area contributed by atoms with Gasteiger partial charge in [0.2, 0.25) is 0 Å². The van der Waals surface area contributed by atoms with Crippen LogP contribution in [0.1, 0.15) is 22.6 Å². The van der Waals surface area contributed by atoms with Gasteiger partial charge in [0, 0.05) is 12.2 Å². The summed E-state index contributed by atoms with van der Waals surface area (Å²) in [7, 11) is 0. The highest BCUT2D eigenvalue weighted by atomic mass is 16.5. The molecule has 0 aliphatic carbocycles. The number of benzene rings is 4. The van der Waals surface area contributed by atoms with Gasteiger partial charge in [0.15, 0.2) is 0 Å². The zero-order valence-corrected chi connectivity index (χ0v) is 17.0. The largest absolute Gasteiger partial charge is 0.381 e. The third kappa shape index (κ3) is 5.00. The van der Waals surface area contributed by atoms with Gasteiger partial charge in [-0.25, -0.2) is 5.48 Å². The zero-order chi connectivity index (χ0) is 21.5. The summed E-state index contributed by atoms with van der Waals surface area (Å²) in [5, 5.41) is 12.6. The molecule has 0 aromatic heterocycles. The minimum Gasteiger partial charge on any atom is -0.381 e. The van der Waals surface area contributed by atoms with Crippen LogP contribution in [0, 0.1) is 0 Å². The van der Waals surface area contributed by atoms with E-state index in [9.17, 15) is 10.0 Å². The molecule has 1 atom stereocenters. The van der Waals surface area contributed by atoms with Crippen molar-refractivity contribution in [2.24, 2.45) is 0 Å². The van der Waals surface area contributed by atoms with Gasteiger partial charge in [-0.05, 0) is 39.9 Å². The zero-order valence-electron chi connectivity index (χ0n) is 17.0. The molecule has 4 rings (SSSR count). The Balaban J connectivity index is 1.43. The monoisotopic (exact) mass is 408 g/mol. The number of rotatable bonds is 7. The molecule has 0 fully saturated rings. The summed E-state index contributed by atoms with van der Waals surface area (Å²) in [5.41, 5.74) is 7.98. The summed E-state index contributed by atoms with van der Waals surface area (Å²) in [6.45, 7) is 0.702. The number of hydrogen-bond donors (Lipinski definition) is 3. The van der Waals surface area contributed by atoms with Crippen LogP contribution < -0.4 is 10.8 Å². The van der Waals surface area contributed by atoms with Gasteiger partial charge in [0.25, 0.3) is 5.91 Å². The molecule has 0 saturated heterocycles. The molecule has 31 heavy (non-hydrogen) atoms. The molecule has 1 unspecified atom stereocenters. The molecule has 1 amide bonds. The first-order valence-corrected chi connectivity index (χ1v) is 10.2. The number of nitrogens with one attached hydrogen (secondary N) is 2. The average Bonchev–Trinajstić information content (AvgIpc) is 2.85. The summed E-state index contributed by atoms with van der Waals surface area (Å²) in [5.74, 6) is -1.02. The highest BCUT2D eigenvalue weighted by Gasteiger charge is 2.22. The molecular weight excluding hydrogens is 384 g/mol. The quantitative estimate of drug-likeness (QED) is 0.275. The Hall–Kier alpha value is -3.89. The van der Waals surface area contributed by atoms with Crippen molar-refractivity contribution < 1.29 is 10.0 Å². The second kappa shape index (κ2) is 9.74. The predicted octanol–water partition coefficient (Wildman–Crippen LogP) is 5.60. The van der Waals surface area contributed by atoms with Crippen molar-refractivity contribution in [3.8, 4) is 11.1 Å². The molecule has 0 aliphatic heterocycles. The van der Waals surface area contributed by atoms with E-state index in [-0.39, 0.29) is 0 Å². The van der Waals surface area contributed by atoms with E-state index in [1.54, 1.807) is 5.48 Å². The van der Waals surface area contributed by atoms with Crippen LogP contribution in [-0.4, -0.2) is 11.1 Å². The number of carbonyl (C=O) groups excluding carboxylic acids is 1. The van der Waals surface area contributed by atoms with E-state index in [1.165, 1.54) is 16.7 Å². The fraction of sp³-hybridized carbons (Fsp3) is 0.0741. The number of hydrogen-bond acceptors (Lipinski definition) is 3. The van der Waals surface area contributed by atoms with Crippen LogP contribution >= 0.6 is 0 Å². The Morgan fingerprint density at radius 1 is 0.677 bits per heavy atom. The van der Waals surface area contributed by atoms with Crippen LogP contribution in [0.2, 0.25) is 0 Å². The first kappa shape index (κ1) is 20.4. The van der Waals surface area contributed by atoms with Gasteiger partial charge in [-0.2, -0.15) is 0 Å². The Morgan fingerprint density at radius 2 is 1.23 bits per heavy atom. The lowest BCUT2D eigenvalue weighted by molar-refractivity contribution is -0.129. The molecule has 0 bridgehead atoms. The van der Waals surface area contributed by atoms with Crippen molar-refractivity contribution in [2.45, 2.75) is 12.5 Å². The van der Waals surface area contributed by atoms with E-state index in [4.69, 9.17) is 0 Å². The van der Waals surface area contributed by atoms with Crippen LogP contribution in [0.3, 0.4) is 0 Å². The fourth-order valence-electron chi connectivity index (χ4n) is 3.65. The van der Waals surface area contributed by atoms with E-state index >= 15 is 0 Å². The van der Waals surface area contributed by atoms with Crippen LogP contribution in [0.4, 0.5) is 5.69 Å². The molecule has 4 heteroatoms. The molecule has 4 nitrogen and oxygen atoms in total. The van der Waals surface area contributed by atoms with Crippen molar-refractivity contribution in [2.75, 3.05) is 5.32 Å². The normalized spacial score (nSPS) is 11.5. The van der Waals surface area contributed by atoms with Gasteiger partial charge in [-0.3, -0.25) is 10.0 Å². The maximum absolute atomic E-state index is 12.3. The van der Waals surface area contributed by atoms with Gasteiger partial charge in [0.05, 0.1) is 5.92 Å². The fourth-order valence-corrected chi connectivity index (χ4v) is 3.65. The lowest BCUT2D eigenvalue weighted by atomic mass is 9.90. The summed E-state index contributed by atoms with van der Waals surface area (Å²) >= 11 is 0. The third-order valence-electron chi connectivity index (χ3n) is 5.31. The Morgan fingerprint density at radius 3 is 1.84 bits per heavy atom.